The van der Waals surface area contributed by atoms with E-state index in [1.807, 2.05) is 11.3 Å². The maximum Gasteiger partial charge on any atom is 0.0554 e. The van der Waals surface area contributed by atoms with Gasteiger partial charge in [0.05, 0.1) is 5.69 Å². The Labute approximate surface area is 330 Å². The molecule has 0 aliphatic carbocycles. The first kappa shape index (κ1) is 32.4. The number of fused-ring (bicyclic) bond motifs is 7. The molecule has 11 rings (SSSR count). The Bertz CT molecular complexity index is 3230. The van der Waals surface area contributed by atoms with Gasteiger partial charge in [-0.3, -0.25) is 0 Å². The molecule has 1 aromatic heterocycles. The zero-order chi connectivity index (χ0) is 37.0. The third-order valence-corrected chi connectivity index (χ3v) is 12.4. The monoisotopic (exact) mass is 729 g/mol. The minimum Gasteiger partial charge on any atom is -0.310 e. The largest absolute Gasteiger partial charge is 0.310 e. The molecule has 0 aliphatic rings. The van der Waals surface area contributed by atoms with Crippen LogP contribution in [0.25, 0.3) is 85.9 Å². The van der Waals surface area contributed by atoms with Gasteiger partial charge >= 0.3 is 0 Å². The normalized spacial score (nSPS) is 11.6. The van der Waals surface area contributed by atoms with Crippen molar-refractivity contribution < 1.29 is 0 Å². The molecule has 262 valence electrons. The molecule has 0 saturated carbocycles. The van der Waals surface area contributed by atoms with Gasteiger partial charge in [-0.2, -0.15) is 0 Å². The van der Waals surface area contributed by atoms with Gasteiger partial charge in [-0.15, -0.1) is 11.3 Å². The average Bonchev–Trinajstić information content (AvgIpc) is 3.66. The summed E-state index contributed by atoms with van der Waals surface area (Å²) in [6, 6.07) is 77.7. The van der Waals surface area contributed by atoms with E-state index in [1.165, 1.54) is 91.6 Å². The highest BCUT2D eigenvalue weighted by Gasteiger charge is 2.21. The molecule has 11 aromatic rings. The van der Waals surface area contributed by atoms with Gasteiger partial charge in [0.15, 0.2) is 0 Å². The highest BCUT2D eigenvalue weighted by atomic mass is 32.1. The van der Waals surface area contributed by atoms with Crippen LogP contribution in [0.1, 0.15) is 0 Å². The Morgan fingerprint density at radius 2 is 0.875 bits per heavy atom. The predicted molar refractivity (Wildman–Crippen MR) is 243 cm³/mol. The molecular formula is C54H35NS. The number of nitrogens with zero attached hydrogens (tertiary/aromatic N) is 1. The molecule has 0 unspecified atom stereocenters. The molecule has 10 aromatic carbocycles. The summed E-state index contributed by atoms with van der Waals surface area (Å²) in [7, 11) is 0. The lowest BCUT2D eigenvalue weighted by atomic mass is 9.84. The van der Waals surface area contributed by atoms with Crippen molar-refractivity contribution in [2.24, 2.45) is 0 Å². The fraction of sp³-hybridized carbons (Fsp3) is 0. The summed E-state index contributed by atoms with van der Waals surface area (Å²) < 4.78 is 2.59. The Kier molecular flexibility index (Phi) is 7.75. The Hall–Kier alpha value is -7.00. The van der Waals surface area contributed by atoms with Crippen LogP contribution in [0.15, 0.2) is 212 Å². The van der Waals surface area contributed by atoms with E-state index < -0.39 is 0 Å². The summed E-state index contributed by atoms with van der Waals surface area (Å²) in [6.45, 7) is 0. The van der Waals surface area contributed by atoms with Gasteiger partial charge in [-0.25, -0.2) is 0 Å². The number of benzene rings is 10. The average molecular weight is 730 g/mol. The quantitative estimate of drug-likeness (QED) is 0.154. The number of rotatable bonds is 6. The Balaban J connectivity index is 1.10. The van der Waals surface area contributed by atoms with Gasteiger partial charge in [-0.1, -0.05) is 164 Å². The van der Waals surface area contributed by atoms with Crippen LogP contribution in [0, 0.1) is 0 Å². The van der Waals surface area contributed by atoms with Crippen molar-refractivity contribution >= 4 is 80.9 Å². The van der Waals surface area contributed by atoms with E-state index in [9.17, 15) is 0 Å². The van der Waals surface area contributed by atoms with E-state index in [2.05, 4.69) is 217 Å². The summed E-state index contributed by atoms with van der Waals surface area (Å²) >= 11 is 1.86. The first-order valence-electron chi connectivity index (χ1n) is 19.2. The lowest BCUT2D eigenvalue weighted by Crippen LogP contribution is -2.10. The molecule has 0 saturated heterocycles. The van der Waals surface area contributed by atoms with Gasteiger partial charge in [-0.05, 0) is 114 Å². The van der Waals surface area contributed by atoms with Crippen LogP contribution in [0.4, 0.5) is 17.1 Å². The van der Waals surface area contributed by atoms with Crippen molar-refractivity contribution in [3.05, 3.63) is 212 Å². The molecule has 0 spiro atoms. The van der Waals surface area contributed by atoms with Crippen molar-refractivity contribution in [2.45, 2.75) is 0 Å². The fourth-order valence-electron chi connectivity index (χ4n) is 8.67. The first-order chi connectivity index (χ1) is 27.8. The van der Waals surface area contributed by atoms with Crippen LogP contribution < -0.4 is 4.90 Å². The number of anilines is 3. The summed E-state index contributed by atoms with van der Waals surface area (Å²) in [4.78, 5) is 2.43. The molecule has 56 heavy (non-hydrogen) atoms. The zero-order valence-corrected chi connectivity index (χ0v) is 31.4. The Morgan fingerprint density at radius 3 is 1.64 bits per heavy atom. The molecule has 0 aliphatic heterocycles. The summed E-state index contributed by atoms with van der Waals surface area (Å²) in [6.07, 6.45) is 0. The zero-order valence-electron chi connectivity index (χ0n) is 30.6. The third-order valence-electron chi connectivity index (χ3n) is 11.2. The number of thiophene rings is 1. The van der Waals surface area contributed by atoms with Crippen LogP contribution in [-0.4, -0.2) is 0 Å². The molecule has 0 amide bonds. The van der Waals surface area contributed by atoms with Crippen LogP contribution >= 0.6 is 11.3 Å². The highest BCUT2D eigenvalue weighted by Crippen LogP contribution is 2.47. The van der Waals surface area contributed by atoms with Gasteiger partial charge in [0, 0.05) is 31.5 Å². The molecule has 1 nitrogen and oxygen atoms in total. The lowest BCUT2D eigenvalue weighted by Gasteiger charge is -2.27. The molecule has 0 atom stereocenters. The van der Waals surface area contributed by atoms with E-state index >= 15 is 0 Å². The molecule has 1 heterocycles. The van der Waals surface area contributed by atoms with E-state index in [-0.39, 0.29) is 0 Å². The SMILES string of the molecule is c1ccc(-c2c(-c3ccccc3)c3cc(-c4ccc(N(c5ccc6ccccc6c5)c5cccc6sc7ccccc7c56)cc4)ccc3c3ccccc23)cc1. The van der Waals surface area contributed by atoms with Crippen molar-refractivity contribution in [3.63, 3.8) is 0 Å². The van der Waals surface area contributed by atoms with E-state index in [4.69, 9.17) is 0 Å². The van der Waals surface area contributed by atoms with Gasteiger partial charge < -0.3 is 4.90 Å². The minimum atomic E-state index is 1.12. The molecule has 0 bridgehead atoms. The van der Waals surface area contributed by atoms with E-state index in [0.29, 0.717) is 0 Å². The fourth-order valence-corrected chi connectivity index (χ4v) is 9.80. The molecule has 0 N–H and O–H groups in total. The summed E-state index contributed by atoms with van der Waals surface area (Å²) in [5.74, 6) is 0. The van der Waals surface area contributed by atoms with Gasteiger partial charge in [0.2, 0.25) is 0 Å². The third kappa shape index (κ3) is 5.38. The van der Waals surface area contributed by atoms with Crippen LogP contribution in [0.5, 0.6) is 0 Å². The molecular weight excluding hydrogens is 695 g/mol. The second-order valence-corrected chi connectivity index (χ2v) is 15.5. The van der Waals surface area contributed by atoms with E-state index in [0.717, 1.165) is 11.4 Å². The number of hydrogen-bond donors (Lipinski definition) is 0. The minimum absolute atomic E-state index is 1.12. The maximum atomic E-state index is 2.43. The summed E-state index contributed by atoms with van der Waals surface area (Å²) in [5, 5.41) is 10.1. The van der Waals surface area contributed by atoms with Crippen molar-refractivity contribution in [2.75, 3.05) is 4.90 Å². The van der Waals surface area contributed by atoms with Crippen LogP contribution in [0.2, 0.25) is 0 Å². The Morgan fingerprint density at radius 1 is 0.304 bits per heavy atom. The highest BCUT2D eigenvalue weighted by molar-refractivity contribution is 7.26. The van der Waals surface area contributed by atoms with Crippen molar-refractivity contribution in [3.8, 4) is 33.4 Å². The van der Waals surface area contributed by atoms with Crippen LogP contribution in [-0.2, 0) is 0 Å². The standard InChI is InChI=1S/C54H35NS/c1-3-15-38(16-4-1)52-46-21-10-9-20-44(46)45-33-29-41(35-48(45)53(52)39-17-5-2-6-18-39)37-26-30-42(31-27-37)55(43-32-28-36-14-7-8-19-40(36)34-43)49-23-13-25-51-54(49)47-22-11-12-24-50(47)56-51/h1-35H. The lowest BCUT2D eigenvalue weighted by molar-refractivity contribution is 1.31. The second kappa shape index (κ2) is 13.4. The molecule has 0 fully saturated rings. The van der Waals surface area contributed by atoms with Gasteiger partial charge in [0.25, 0.3) is 0 Å². The predicted octanol–water partition coefficient (Wildman–Crippen LogP) is 16.0. The van der Waals surface area contributed by atoms with Crippen LogP contribution in [0.3, 0.4) is 0 Å². The topological polar surface area (TPSA) is 3.24 Å². The summed E-state index contributed by atoms with van der Waals surface area (Å²) in [5.41, 5.74) is 10.8. The smallest absolute Gasteiger partial charge is 0.0554 e. The second-order valence-electron chi connectivity index (χ2n) is 14.5. The van der Waals surface area contributed by atoms with Crippen molar-refractivity contribution in [1.29, 1.82) is 0 Å². The number of hydrogen-bond acceptors (Lipinski definition) is 2. The molecule has 0 radical (unpaired) electrons. The maximum absolute atomic E-state index is 2.43. The van der Waals surface area contributed by atoms with Gasteiger partial charge in [0.1, 0.15) is 0 Å². The first-order valence-corrected chi connectivity index (χ1v) is 20.0. The van der Waals surface area contributed by atoms with E-state index in [1.54, 1.807) is 0 Å². The van der Waals surface area contributed by atoms with Crippen molar-refractivity contribution in [1.82, 2.24) is 0 Å². The molecule has 2 heteroatoms.